The number of rotatable bonds is 9. The van der Waals surface area contributed by atoms with Gasteiger partial charge in [-0.3, -0.25) is 9.69 Å². The molecule has 8 heteroatoms. The van der Waals surface area contributed by atoms with Crippen molar-refractivity contribution in [2.45, 2.75) is 45.2 Å². The van der Waals surface area contributed by atoms with Crippen LogP contribution >= 0.6 is 0 Å². The van der Waals surface area contributed by atoms with Crippen LogP contribution in [0.15, 0.2) is 0 Å². The zero-order valence-electron chi connectivity index (χ0n) is 12.4. The van der Waals surface area contributed by atoms with E-state index in [1.807, 2.05) is 18.7 Å². The van der Waals surface area contributed by atoms with Crippen LogP contribution in [0.3, 0.4) is 0 Å². The second-order valence-corrected chi connectivity index (χ2v) is 7.03. The topological polar surface area (TPSA) is 90.0 Å². The Morgan fingerprint density at radius 1 is 1.35 bits per heavy atom. The van der Waals surface area contributed by atoms with E-state index in [1.165, 1.54) is 4.31 Å². The van der Waals surface area contributed by atoms with E-state index in [0.29, 0.717) is 25.9 Å². The van der Waals surface area contributed by atoms with E-state index >= 15 is 0 Å². The molecule has 0 saturated heterocycles. The number of aliphatic carboxylic acids is 1. The Morgan fingerprint density at radius 3 is 2.40 bits per heavy atom. The summed E-state index contributed by atoms with van der Waals surface area (Å²) in [4.78, 5) is 12.6. The molecule has 1 rings (SSSR count). The minimum atomic E-state index is -3.41. The van der Waals surface area contributed by atoms with Gasteiger partial charge >= 0.3 is 5.97 Å². The lowest BCUT2D eigenvalue weighted by Crippen LogP contribution is -2.56. The molecule has 1 saturated carbocycles. The van der Waals surface area contributed by atoms with Crippen LogP contribution in [0.25, 0.3) is 0 Å². The summed E-state index contributed by atoms with van der Waals surface area (Å²) in [5, 5.41) is 8.81. The lowest BCUT2D eigenvalue weighted by Gasteiger charge is -2.42. The van der Waals surface area contributed by atoms with Crippen molar-refractivity contribution in [1.29, 1.82) is 0 Å². The van der Waals surface area contributed by atoms with E-state index in [4.69, 9.17) is 5.11 Å². The molecule has 1 aliphatic carbocycles. The van der Waals surface area contributed by atoms with Crippen molar-refractivity contribution < 1.29 is 18.3 Å². The third-order valence-electron chi connectivity index (χ3n) is 3.64. The highest BCUT2D eigenvalue weighted by molar-refractivity contribution is 7.87. The molecule has 118 valence electrons. The number of likely N-dealkylation sites (N-methyl/N-ethyl adjacent to an activating group) is 1. The minimum Gasteiger partial charge on any atom is -0.480 e. The zero-order valence-corrected chi connectivity index (χ0v) is 13.2. The van der Waals surface area contributed by atoms with Crippen molar-refractivity contribution in [3.63, 3.8) is 0 Å². The quantitative estimate of drug-likeness (QED) is 0.630. The molecule has 0 spiro atoms. The highest BCUT2D eigenvalue weighted by Gasteiger charge is 2.36. The fourth-order valence-corrected chi connectivity index (χ4v) is 3.61. The highest BCUT2D eigenvalue weighted by atomic mass is 32.2. The summed E-state index contributed by atoms with van der Waals surface area (Å²) in [6, 6.07) is 0.0624. The summed E-state index contributed by atoms with van der Waals surface area (Å²) >= 11 is 0. The Balaban J connectivity index is 2.43. The van der Waals surface area contributed by atoms with Crippen molar-refractivity contribution in [3.05, 3.63) is 0 Å². The van der Waals surface area contributed by atoms with Crippen LogP contribution in [0, 0.1) is 0 Å². The van der Waals surface area contributed by atoms with Crippen LogP contribution in [-0.2, 0) is 15.0 Å². The molecule has 0 aliphatic heterocycles. The lowest BCUT2D eigenvalue weighted by atomic mass is 9.86. The van der Waals surface area contributed by atoms with E-state index in [2.05, 4.69) is 4.72 Å². The molecule has 1 aliphatic rings. The molecular weight excluding hydrogens is 282 g/mol. The van der Waals surface area contributed by atoms with E-state index in [9.17, 15) is 13.2 Å². The van der Waals surface area contributed by atoms with Crippen molar-refractivity contribution in [2.75, 3.05) is 26.7 Å². The molecule has 0 amide bonds. The Bertz CT molecular complexity index is 420. The summed E-state index contributed by atoms with van der Waals surface area (Å²) in [5.74, 6) is -0.849. The van der Waals surface area contributed by atoms with Crippen LogP contribution in [0.2, 0.25) is 0 Å². The van der Waals surface area contributed by atoms with Crippen molar-refractivity contribution in [2.24, 2.45) is 0 Å². The molecule has 7 nitrogen and oxygen atoms in total. The van der Waals surface area contributed by atoms with Gasteiger partial charge in [0, 0.05) is 25.7 Å². The zero-order chi connectivity index (χ0) is 15.3. The largest absolute Gasteiger partial charge is 0.480 e. The summed E-state index contributed by atoms with van der Waals surface area (Å²) in [6.07, 6.45) is 2.10. The molecular formula is C12H25N3O4S. The first-order chi connectivity index (χ1) is 9.30. The molecule has 0 atom stereocenters. The van der Waals surface area contributed by atoms with Crippen LogP contribution in [0.5, 0.6) is 0 Å². The smallest absolute Gasteiger partial charge is 0.317 e. The van der Waals surface area contributed by atoms with Gasteiger partial charge in [0.15, 0.2) is 0 Å². The summed E-state index contributed by atoms with van der Waals surface area (Å²) in [6.45, 7) is 5.00. The molecule has 0 unspecified atom stereocenters. The predicted molar refractivity (Wildman–Crippen MR) is 76.7 cm³/mol. The molecule has 20 heavy (non-hydrogen) atoms. The monoisotopic (exact) mass is 307 g/mol. The Morgan fingerprint density at radius 2 is 1.95 bits per heavy atom. The molecule has 0 heterocycles. The number of nitrogens with one attached hydrogen (secondary N) is 1. The summed E-state index contributed by atoms with van der Waals surface area (Å²) < 4.78 is 27.9. The Labute approximate surface area is 121 Å². The first kappa shape index (κ1) is 17.4. The maximum atomic E-state index is 12.0. The third-order valence-corrected chi connectivity index (χ3v) is 5.27. The maximum absolute atomic E-state index is 12.0. The molecule has 1 fully saturated rings. The number of carboxylic acid groups (broad SMARTS) is 1. The molecule has 0 aromatic heterocycles. The number of hydrogen-bond donors (Lipinski definition) is 2. The lowest BCUT2D eigenvalue weighted by molar-refractivity contribution is -0.139. The molecule has 0 aromatic carbocycles. The Kier molecular flexibility index (Phi) is 6.38. The summed E-state index contributed by atoms with van der Waals surface area (Å²) in [7, 11) is -1.85. The second-order valence-electron chi connectivity index (χ2n) is 5.22. The van der Waals surface area contributed by atoms with Gasteiger partial charge < -0.3 is 5.11 Å². The van der Waals surface area contributed by atoms with Gasteiger partial charge in [0.05, 0.1) is 6.54 Å². The van der Waals surface area contributed by atoms with Crippen molar-refractivity contribution >= 4 is 16.2 Å². The average Bonchev–Trinajstić information content (AvgIpc) is 2.30. The first-order valence-corrected chi connectivity index (χ1v) is 8.43. The third kappa shape index (κ3) is 4.69. The molecule has 0 bridgehead atoms. The van der Waals surface area contributed by atoms with E-state index in [-0.39, 0.29) is 18.6 Å². The van der Waals surface area contributed by atoms with Gasteiger partial charge in [0.25, 0.3) is 10.2 Å². The van der Waals surface area contributed by atoms with Crippen LogP contribution < -0.4 is 4.72 Å². The number of hydrogen-bond acceptors (Lipinski definition) is 4. The summed E-state index contributed by atoms with van der Waals surface area (Å²) in [5.41, 5.74) is 0. The fourth-order valence-electron chi connectivity index (χ4n) is 2.39. The highest BCUT2D eigenvalue weighted by Crippen LogP contribution is 2.26. The van der Waals surface area contributed by atoms with E-state index in [0.717, 1.165) is 6.42 Å². The maximum Gasteiger partial charge on any atom is 0.317 e. The van der Waals surface area contributed by atoms with E-state index in [1.54, 1.807) is 7.05 Å². The molecule has 0 aromatic rings. The number of nitrogens with zero attached hydrogens (tertiary/aromatic N) is 2. The number of carboxylic acids is 1. The van der Waals surface area contributed by atoms with Crippen LogP contribution in [0.1, 0.15) is 33.1 Å². The van der Waals surface area contributed by atoms with Gasteiger partial charge in [-0.2, -0.15) is 17.4 Å². The molecule has 2 N–H and O–H groups in total. The second kappa shape index (κ2) is 7.35. The van der Waals surface area contributed by atoms with Crippen LogP contribution in [-0.4, -0.2) is 67.5 Å². The normalized spacial score (nSPS) is 23.1. The van der Waals surface area contributed by atoms with Crippen molar-refractivity contribution in [3.8, 4) is 0 Å². The molecule has 0 radical (unpaired) electrons. The first-order valence-electron chi connectivity index (χ1n) is 6.99. The predicted octanol–water partition coefficient (Wildman–Crippen LogP) is 0.100. The van der Waals surface area contributed by atoms with Gasteiger partial charge in [-0.05, 0) is 25.8 Å². The van der Waals surface area contributed by atoms with E-state index < -0.39 is 16.2 Å². The minimum absolute atomic E-state index is 0.0103. The van der Waals surface area contributed by atoms with Gasteiger partial charge in [-0.1, -0.05) is 13.8 Å². The standard InChI is InChI=1S/C12H25N3O4S/c1-4-6-14(3)20(18,19)13-10-7-11(8-10)15(5-2)9-12(16)17/h10-11,13H,4-9H2,1-3H3,(H,16,17). The SMILES string of the molecule is CCCN(C)S(=O)(=O)NC1CC(N(CC)CC(=O)O)C1. The van der Waals surface area contributed by atoms with Gasteiger partial charge in [0.2, 0.25) is 0 Å². The van der Waals surface area contributed by atoms with Crippen LogP contribution in [0.4, 0.5) is 0 Å². The number of carbonyl (C=O) groups is 1. The van der Waals surface area contributed by atoms with Gasteiger partial charge in [0.1, 0.15) is 0 Å². The Hall–Kier alpha value is -0.700. The van der Waals surface area contributed by atoms with Gasteiger partial charge in [-0.25, -0.2) is 0 Å². The van der Waals surface area contributed by atoms with Gasteiger partial charge in [-0.15, -0.1) is 0 Å². The average molecular weight is 307 g/mol. The fraction of sp³-hybridized carbons (Fsp3) is 0.917. The van der Waals surface area contributed by atoms with Crippen molar-refractivity contribution in [1.82, 2.24) is 13.9 Å².